The number of halogens is 3. The summed E-state index contributed by atoms with van der Waals surface area (Å²) < 4.78 is 42.1. The summed E-state index contributed by atoms with van der Waals surface area (Å²) in [5.41, 5.74) is 2.28. The fourth-order valence-corrected chi connectivity index (χ4v) is 7.89. The molecule has 3 aromatic rings. The van der Waals surface area contributed by atoms with Crippen LogP contribution in [0.25, 0.3) is 10.8 Å². The fourth-order valence-electron chi connectivity index (χ4n) is 4.04. The Morgan fingerprint density at radius 3 is 2.16 bits per heavy atom. The first-order chi connectivity index (χ1) is 14.6. The van der Waals surface area contributed by atoms with E-state index in [1.165, 1.54) is 6.07 Å². The van der Waals surface area contributed by atoms with E-state index in [1.807, 2.05) is 24.3 Å². The van der Waals surface area contributed by atoms with Gasteiger partial charge < -0.3 is 4.74 Å². The fraction of sp³-hybridized carbons (Fsp3) is 0.227. The highest BCUT2D eigenvalue weighted by Gasteiger charge is 2.28. The second-order valence-corrected chi connectivity index (χ2v) is 12.0. The molecule has 0 aliphatic heterocycles. The zero-order valence-electron chi connectivity index (χ0n) is 16.3. The third kappa shape index (κ3) is 4.36. The van der Waals surface area contributed by atoms with E-state index in [9.17, 15) is 17.8 Å². The summed E-state index contributed by atoms with van der Waals surface area (Å²) in [6, 6.07) is 9.34. The molecule has 0 fully saturated rings. The van der Waals surface area contributed by atoms with Gasteiger partial charge in [0.05, 0.1) is 10.5 Å². The van der Waals surface area contributed by atoms with Crippen LogP contribution < -0.4 is 4.74 Å². The van der Waals surface area contributed by atoms with Gasteiger partial charge in [0.2, 0.25) is 0 Å². The molecule has 0 heterocycles. The van der Waals surface area contributed by atoms with Gasteiger partial charge in [-0.05, 0) is 134 Å². The van der Waals surface area contributed by atoms with Crippen molar-refractivity contribution < 1.29 is 22.5 Å². The van der Waals surface area contributed by atoms with Crippen molar-refractivity contribution in [3.05, 3.63) is 63.3 Å². The molecular weight excluding hydrogens is 757 g/mol. The molecule has 0 spiro atoms. The predicted molar refractivity (Wildman–Crippen MR) is 145 cm³/mol. The van der Waals surface area contributed by atoms with Crippen molar-refractivity contribution in [2.45, 2.75) is 37.5 Å². The van der Waals surface area contributed by atoms with Crippen LogP contribution in [-0.4, -0.2) is 18.9 Å². The molecule has 3 aromatic carbocycles. The van der Waals surface area contributed by atoms with Gasteiger partial charge >= 0.3 is 5.97 Å². The summed E-state index contributed by atoms with van der Waals surface area (Å²) in [7, 11) is -4.35. The monoisotopic (exact) mass is 774 g/mol. The highest BCUT2D eigenvalue weighted by Crippen LogP contribution is 2.39. The molecule has 0 unspecified atom stereocenters. The molecule has 4 rings (SSSR count). The van der Waals surface area contributed by atoms with E-state index in [1.54, 1.807) is 6.92 Å². The molecule has 5 nitrogen and oxygen atoms in total. The van der Waals surface area contributed by atoms with Crippen LogP contribution in [0.5, 0.6) is 5.75 Å². The normalized spacial score (nSPS) is 13.8. The molecule has 1 aliphatic rings. The van der Waals surface area contributed by atoms with Gasteiger partial charge in [0.25, 0.3) is 10.1 Å². The number of carbonyl (C=O) groups excluding carboxylic acids is 1. The Morgan fingerprint density at radius 2 is 1.55 bits per heavy atom. The molecule has 1 N–H and O–H groups in total. The number of esters is 1. The zero-order chi connectivity index (χ0) is 22.5. The topological polar surface area (TPSA) is 80.7 Å². The lowest BCUT2D eigenvalue weighted by molar-refractivity contribution is 0.0729. The van der Waals surface area contributed by atoms with Gasteiger partial charge in [-0.15, -0.1) is 0 Å². The van der Waals surface area contributed by atoms with E-state index in [2.05, 4.69) is 67.8 Å². The molecule has 0 atom stereocenters. The molecule has 0 aromatic heterocycles. The molecule has 0 saturated heterocycles. The van der Waals surface area contributed by atoms with E-state index < -0.39 is 16.1 Å². The second kappa shape index (κ2) is 9.03. The quantitative estimate of drug-likeness (QED) is 0.111. The Balaban J connectivity index is 1.86. The van der Waals surface area contributed by atoms with Gasteiger partial charge in [-0.25, -0.2) is 4.79 Å². The van der Waals surface area contributed by atoms with Gasteiger partial charge in [-0.2, -0.15) is 8.42 Å². The maximum atomic E-state index is 13.4. The first-order valence-corrected chi connectivity index (χ1v) is 14.2. The average Bonchev–Trinajstić information content (AvgIpc) is 2.73. The summed E-state index contributed by atoms with van der Waals surface area (Å²) in [4.78, 5) is 13.3. The minimum Gasteiger partial charge on any atom is -0.422 e. The predicted octanol–water partition coefficient (Wildman–Crippen LogP) is 6.31. The minimum absolute atomic E-state index is 0.0797. The van der Waals surface area contributed by atoms with Gasteiger partial charge in [-0.3, -0.25) is 4.55 Å². The van der Waals surface area contributed by atoms with E-state index in [0.717, 1.165) is 34.3 Å². The molecule has 0 radical (unpaired) electrons. The Labute approximate surface area is 221 Å². The average molecular weight is 774 g/mol. The number of fused-ring (bicyclic) bond motifs is 2. The van der Waals surface area contributed by atoms with Crippen molar-refractivity contribution in [2.75, 3.05) is 0 Å². The van der Waals surface area contributed by atoms with Gasteiger partial charge in [0.1, 0.15) is 5.75 Å². The van der Waals surface area contributed by atoms with Gasteiger partial charge in [-0.1, -0.05) is 24.3 Å². The van der Waals surface area contributed by atoms with Crippen molar-refractivity contribution in [1.29, 1.82) is 0 Å². The number of ether oxygens (including phenoxy) is 1. The lowest BCUT2D eigenvalue weighted by Gasteiger charge is -2.23. The van der Waals surface area contributed by atoms with Crippen molar-refractivity contribution in [1.82, 2.24) is 0 Å². The van der Waals surface area contributed by atoms with Crippen LogP contribution in [0.4, 0.5) is 0 Å². The maximum absolute atomic E-state index is 13.4. The number of benzene rings is 3. The lowest BCUT2D eigenvalue weighted by Crippen LogP contribution is -2.18. The van der Waals surface area contributed by atoms with E-state index >= 15 is 0 Å². The molecule has 162 valence electrons. The third-order valence-corrected chi connectivity index (χ3v) is 10.7. The third-order valence-electron chi connectivity index (χ3n) is 5.45. The molecule has 0 amide bonds. The summed E-state index contributed by atoms with van der Waals surface area (Å²) in [6.45, 7) is 1.70. The van der Waals surface area contributed by atoms with Crippen LogP contribution in [0.15, 0.2) is 35.2 Å². The number of hydrogen-bond acceptors (Lipinski definition) is 4. The largest absolute Gasteiger partial charge is 0.422 e. The van der Waals surface area contributed by atoms with Crippen molar-refractivity contribution in [2.24, 2.45) is 0 Å². The van der Waals surface area contributed by atoms with E-state index in [0.29, 0.717) is 40.8 Å². The number of carbonyl (C=O) groups is 1. The maximum Gasteiger partial charge on any atom is 0.345 e. The lowest BCUT2D eigenvalue weighted by atomic mass is 9.89. The van der Waals surface area contributed by atoms with E-state index in [-0.39, 0.29) is 4.90 Å². The number of rotatable bonds is 3. The van der Waals surface area contributed by atoms with Gasteiger partial charge in [0.15, 0.2) is 0 Å². The number of hydrogen-bond donors (Lipinski definition) is 1. The summed E-state index contributed by atoms with van der Waals surface area (Å²) in [5, 5.41) is 2.07. The Kier molecular flexibility index (Phi) is 6.89. The molecule has 9 heteroatoms. The van der Waals surface area contributed by atoms with Crippen molar-refractivity contribution in [3.8, 4) is 5.75 Å². The summed E-state index contributed by atoms with van der Waals surface area (Å²) in [6.07, 6.45) is 2.82. The first kappa shape index (κ1) is 23.6. The van der Waals surface area contributed by atoms with Crippen molar-refractivity contribution in [3.63, 3.8) is 0 Å². The summed E-state index contributed by atoms with van der Waals surface area (Å²) in [5.74, 6) is -0.0604. The van der Waals surface area contributed by atoms with Crippen LogP contribution in [0, 0.1) is 17.6 Å². The van der Waals surface area contributed by atoms with Gasteiger partial charge in [0, 0.05) is 10.7 Å². The van der Waals surface area contributed by atoms with Crippen LogP contribution in [0.1, 0.15) is 39.9 Å². The zero-order valence-corrected chi connectivity index (χ0v) is 23.6. The van der Waals surface area contributed by atoms with E-state index in [4.69, 9.17) is 4.74 Å². The molecule has 1 aliphatic carbocycles. The second-order valence-electron chi connectivity index (χ2n) is 7.41. The Hall–Kier alpha value is -0.510. The Bertz CT molecular complexity index is 1350. The highest BCUT2D eigenvalue weighted by molar-refractivity contribution is 14.1. The SMILES string of the molecule is Cc1cc(S(=O)(=O)O)c2c(c1OC(=O)c1c(I)c(I)c3ccccc3c1I)CCCC2. The van der Waals surface area contributed by atoms with Crippen molar-refractivity contribution >= 4 is 94.6 Å². The highest BCUT2D eigenvalue weighted by atomic mass is 127. The Morgan fingerprint density at radius 1 is 0.968 bits per heavy atom. The molecule has 0 bridgehead atoms. The minimum atomic E-state index is -4.35. The summed E-state index contributed by atoms with van der Waals surface area (Å²) >= 11 is 6.61. The molecule has 31 heavy (non-hydrogen) atoms. The smallest absolute Gasteiger partial charge is 0.345 e. The van der Waals surface area contributed by atoms with Crippen LogP contribution in [0.2, 0.25) is 0 Å². The molecular formula is C22H17I3O5S. The van der Waals surface area contributed by atoms with Crippen LogP contribution in [0.3, 0.4) is 0 Å². The molecule has 0 saturated carbocycles. The number of aryl methyl sites for hydroxylation is 1. The standard InChI is InChI=1S/C22H17I3O5S/c1-11-10-16(31(27,28)29)12-6-2-5-9-15(12)21(11)30-22(26)17-18(23)13-7-3-4-8-14(13)19(24)20(17)25/h3-4,7-8,10H,2,5-6,9H2,1H3,(H,27,28,29). The first-order valence-electron chi connectivity index (χ1n) is 9.51. The van der Waals surface area contributed by atoms with Crippen LogP contribution in [-0.2, 0) is 23.0 Å². The van der Waals surface area contributed by atoms with Crippen LogP contribution >= 0.6 is 67.8 Å².